The predicted molar refractivity (Wildman–Crippen MR) is 45.5 cm³/mol. The van der Waals surface area contributed by atoms with Crippen LogP contribution in [0, 0.1) is 0 Å². The van der Waals surface area contributed by atoms with Gasteiger partial charge in [-0.25, -0.2) is 9.98 Å². The summed E-state index contributed by atoms with van der Waals surface area (Å²) in [5.74, 6) is 0.616. The molecule has 0 aliphatic heterocycles. The van der Waals surface area contributed by atoms with Crippen LogP contribution in [0.2, 0.25) is 0 Å². The fourth-order valence-electron chi connectivity index (χ4n) is 0.279. The van der Waals surface area contributed by atoms with E-state index in [0.717, 1.165) is 5.71 Å². The molecule has 0 aromatic carbocycles. The molecule has 0 unspecified atom stereocenters. The van der Waals surface area contributed by atoms with Crippen LogP contribution in [0.15, 0.2) is 22.4 Å². The zero-order chi connectivity index (χ0) is 7.98. The van der Waals surface area contributed by atoms with Crippen molar-refractivity contribution in [2.45, 2.75) is 13.8 Å². The summed E-state index contributed by atoms with van der Waals surface area (Å²) in [6.07, 6.45) is 1.48. The van der Waals surface area contributed by atoms with Gasteiger partial charge in [-0.05, 0) is 13.8 Å². The van der Waals surface area contributed by atoms with Crippen LogP contribution in [0.1, 0.15) is 13.8 Å². The van der Waals surface area contributed by atoms with E-state index < -0.39 is 0 Å². The summed E-state index contributed by atoms with van der Waals surface area (Å²) in [6, 6.07) is 0. The summed E-state index contributed by atoms with van der Waals surface area (Å²) in [7, 11) is 1.77. The van der Waals surface area contributed by atoms with Crippen molar-refractivity contribution < 1.29 is 0 Å². The van der Waals surface area contributed by atoms with E-state index in [1.165, 1.54) is 6.34 Å². The first kappa shape index (κ1) is 8.88. The van der Waals surface area contributed by atoms with E-state index in [0.29, 0.717) is 5.82 Å². The van der Waals surface area contributed by atoms with Crippen LogP contribution < -0.4 is 5.32 Å². The van der Waals surface area contributed by atoms with Gasteiger partial charge in [-0.2, -0.15) is 0 Å². The Hall–Kier alpha value is -1.12. The Morgan fingerprint density at radius 3 is 2.50 bits per heavy atom. The van der Waals surface area contributed by atoms with E-state index in [1.54, 1.807) is 7.05 Å². The van der Waals surface area contributed by atoms with Gasteiger partial charge < -0.3 is 5.32 Å². The minimum absolute atomic E-state index is 0.616. The Bertz CT molecular complexity index is 164. The predicted octanol–water partition coefficient (Wildman–Crippen LogP) is 1.19. The van der Waals surface area contributed by atoms with Crippen LogP contribution in [-0.4, -0.2) is 19.1 Å². The Morgan fingerprint density at radius 2 is 2.10 bits per heavy atom. The lowest BCUT2D eigenvalue weighted by Gasteiger charge is -1.92. The van der Waals surface area contributed by atoms with Crippen molar-refractivity contribution in [3.05, 3.63) is 12.4 Å². The highest BCUT2D eigenvalue weighted by Crippen LogP contribution is 1.81. The van der Waals surface area contributed by atoms with E-state index >= 15 is 0 Å². The lowest BCUT2D eigenvalue weighted by Crippen LogP contribution is -2.00. The first-order valence-corrected chi connectivity index (χ1v) is 3.07. The van der Waals surface area contributed by atoms with Crippen molar-refractivity contribution in [1.82, 2.24) is 5.32 Å². The van der Waals surface area contributed by atoms with Gasteiger partial charge >= 0.3 is 0 Å². The molecule has 0 heterocycles. The molecule has 0 saturated carbocycles. The fourth-order valence-corrected chi connectivity index (χ4v) is 0.279. The third-order valence-corrected chi connectivity index (χ3v) is 0.818. The van der Waals surface area contributed by atoms with Crippen LogP contribution >= 0.6 is 0 Å². The SMILES string of the molecule is C=C(/N=C\N=C(C)C)NC. The summed E-state index contributed by atoms with van der Waals surface area (Å²) < 4.78 is 0. The quantitative estimate of drug-likeness (QED) is 0.462. The molecule has 56 valence electrons. The Balaban J connectivity index is 3.77. The van der Waals surface area contributed by atoms with E-state index in [4.69, 9.17) is 0 Å². The van der Waals surface area contributed by atoms with E-state index in [-0.39, 0.29) is 0 Å². The fraction of sp³-hybridized carbons (Fsp3) is 0.429. The van der Waals surface area contributed by atoms with Crippen molar-refractivity contribution in [3.8, 4) is 0 Å². The maximum atomic E-state index is 3.94. The highest BCUT2D eigenvalue weighted by molar-refractivity contribution is 5.86. The average molecular weight is 139 g/mol. The molecule has 1 N–H and O–H groups in total. The van der Waals surface area contributed by atoms with Crippen LogP contribution in [0.3, 0.4) is 0 Å². The molecule has 0 bridgehead atoms. The summed E-state index contributed by atoms with van der Waals surface area (Å²) >= 11 is 0. The minimum atomic E-state index is 0.616. The number of aliphatic imine (C=N–C) groups is 2. The smallest absolute Gasteiger partial charge is 0.120 e. The highest BCUT2D eigenvalue weighted by atomic mass is 15.0. The monoisotopic (exact) mass is 139 g/mol. The highest BCUT2D eigenvalue weighted by Gasteiger charge is 1.77. The number of hydrogen-bond acceptors (Lipinski definition) is 2. The van der Waals surface area contributed by atoms with E-state index in [1.807, 2.05) is 13.8 Å². The van der Waals surface area contributed by atoms with Gasteiger partial charge in [-0.3, -0.25) is 0 Å². The Morgan fingerprint density at radius 1 is 1.50 bits per heavy atom. The first-order valence-electron chi connectivity index (χ1n) is 3.07. The molecule has 0 radical (unpaired) electrons. The van der Waals surface area contributed by atoms with E-state index in [2.05, 4.69) is 21.9 Å². The number of nitrogens with zero attached hydrogens (tertiary/aromatic N) is 2. The molecule has 0 saturated heterocycles. The maximum absolute atomic E-state index is 3.94. The number of rotatable bonds is 3. The van der Waals surface area contributed by atoms with Gasteiger partial charge in [0.05, 0.1) is 0 Å². The number of hydrogen-bond donors (Lipinski definition) is 1. The van der Waals surface area contributed by atoms with Crippen molar-refractivity contribution >= 4 is 12.1 Å². The molecule has 0 aliphatic carbocycles. The molecule has 0 rings (SSSR count). The molecule has 3 nitrogen and oxygen atoms in total. The van der Waals surface area contributed by atoms with Gasteiger partial charge in [0.15, 0.2) is 0 Å². The first-order chi connectivity index (χ1) is 4.66. The standard InChI is InChI=1S/C7H13N3/c1-6(2)9-5-10-7(3)8-4/h5,8H,3H2,1-2,4H3/b10-5-. The lowest BCUT2D eigenvalue weighted by molar-refractivity contribution is 0.975. The van der Waals surface area contributed by atoms with Crippen LogP contribution in [-0.2, 0) is 0 Å². The molecule has 10 heavy (non-hydrogen) atoms. The molecule has 0 aromatic heterocycles. The summed E-state index contributed by atoms with van der Waals surface area (Å²) in [5.41, 5.74) is 0.979. The molecular weight excluding hydrogens is 126 g/mol. The summed E-state index contributed by atoms with van der Waals surface area (Å²) in [5, 5.41) is 2.78. The van der Waals surface area contributed by atoms with Crippen molar-refractivity contribution in [2.24, 2.45) is 9.98 Å². The maximum Gasteiger partial charge on any atom is 0.120 e. The molecule has 3 heteroatoms. The molecule has 0 spiro atoms. The van der Waals surface area contributed by atoms with Gasteiger partial charge in [-0.15, -0.1) is 0 Å². The summed E-state index contributed by atoms with van der Waals surface area (Å²) in [6.45, 7) is 7.41. The van der Waals surface area contributed by atoms with Gasteiger partial charge in [-0.1, -0.05) is 6.58 Å². The second-order valence-corrected chi connectivity index (χ2v) is 2.02. The molecule has 0 atom stereocenters. The largest absolute Gasteiger partial charge is 0.374 e. The Labute approximate surface area is 61.6 Å². The minimum Gasteiger partial charge on any atom is -0.374 e. The van der Waals surface area contributed by atoms with Crippen LogP contribution in [0.4, 0.5) is 0 Å². The topological polar surface area (TPSA) is 36.8 Å². The lowest BCUT2D eigenvalue weighted by atomic mass is 10.5. The molecule has 0 aromatic rings. The van der Waals surface area contributed by atoms with E-state index in [9.17, 15) is 0 Å². The Kier molecular flexibility index (Phi) is 4.20. The molecule has 0 fully saturated rings. The van der Waals surface area contributed by atoms with Gasteiger partial charge in [0.1, 0.15) is 12.2 Å². The van der Waals surface area contributed by atoms with Gasteiger partial charge in [0.25, 0.3) is 0 Å². The summed E-state index contributed by atoms with van der Waals surface area (Å²) in [4.78, 5) is 7.80. The van der Waals surface area contributed by atoms with Crippen molar-refractivity contribution in [1.29, 1.82) is 0 Å². The van der Waals surface area contributed by atoms with Crippen molar-refractivity contribution in [2.75, 3.05) is 7.05 Å². The zero-order valence-electron chi connectivity index (χ0n) is 6.68. The third-order valence-electron chi connectivity index (χ3n) is 0.818. The van der Waals surface area contributed by atoms with Crippen molar-refractivity contribution in [3.63, 3.8) is 0 Å². The average Bonchev–Trinajstić information content (AvgIpc) is 1.87. The van der Waals surface area contributed by atoms with Gasteiger partial charge in [0, 0.05) is 12.8 Å². The van der Waals surface area contributed by atoms with Gasteiger partial charge in [0.2, 0.25) is 0 Å². The molecular formula is C7H13N3. The molecule has 0 aliphatic rings. The second kappa shape index (κ2) is 4.73. The second-order valence-electron chi connectivity index (χ2n) is 2.02. The number of nitrogens with one attached hydrogen (secondary N) is 1. The van der Waals surface area contributed by atoms with Crippen LogP contribution in [0.25, 0.3) is 0 Å². The zero-order valence-corrected chi connectivity index (χ0v) is 6.68. The normalized spacial score (nSPS) is 9.50. The molecule has 0 amide bonds. The third kappa shape index (κ3) is 5.03. The van der Waals surface area contributed by atoms with Crippen LogP contribution in [0.5, 0.6) is 0 Å².